The van der Waals surface area contributed by atoms with Crippen molar-refractivity contribution in [2.45, 2.75) is 38.6 Å². The summed E-state index contributed by atoms with van der Waals surface area (Å²) >= 11 is 0. The van der Waals surface area contributed by atoms with Gasteiger partial charge in [0.2, 0.25) is 0 Å². The molecule has 2 rings (SSSR count). The molecule has 0 unspecified atom stereocenters. The summed E-state index contributed by atoms with van der Waals surface area (Å²) in [6.45, 7) is 3.42. The minimum absolute atomic E-state index is 0.605. The third kappa shape index (κ3) is 2.37. The number of rotatable bonds is 3. The molecule has 0 bridgehead atoms. The first kappa shape index (κ1) is 10.6. The van der Waals surface area contributed by atoms with E-state index in [1.54, 1.807) is 0 Å². The lowest BCUT2D eigenvalue weighted by Gasteiger charge is -2.19. The highest BCUT2D eigenvalue weighted by atomic mass is 15.1. The standard InChI is InChI=1S/C13H20N2/c1-3-5-12-8-7-11(10-14-12)13-6-4-9-15(13)2/h7-8,10,13H,3-6,9H2,1-2H3/t13-/m1/s1. The lowest BCUT2D eigenvalue weighted by molar-refractivity contribution is 0.317. The molecule has 1 aromatic rings. The molecule has 1 aliphatic rings. The average molecular weight is 204 g/mol. The fraction of sp³-hybridized carbons (Fsp3) is 0.615. The van der Waals surface area contributed by atoms with Crippen molar-refractivity contribution < 1.29 is 0 Å². The van der Waals surface area contributed by atoms with Gasteiger partial charge in [0.1, 0.15) is 0 Å². The van der Waals surface area contributed by atoms with Gasteiger partial charge in [0.05, 0.1) is 0 Å². The van der Waals surface area contributed by atoms with E-state index in [1.165, 1.54) is 37.1 Å². The van der Waals surface area contributed by atoms with Crippen LogP contribution >= 0.6 is 0 Å². The summed E-state index contributed by atoms with van der Waals surface area (Å²) in [4.78, 5) is 6.95. The Morgan fingerprint density at radius 2 is 2.33 bits per heavy atom. The van der Waals surface area contributed by atoms with Crippen molar-refractivity contribution in [3.05, 3.63) is 29.6 Å². The molecule has 0 aliphatic carbocycles. The van der Waals surface area contributed by atoms with Crippen LogP contribution in [0.15, 0.2) is 18.3 Å². The molecule has 0 aromatic carbocycles. The van der Waals surface area contributed by atoms with Gasteiger partial charge in [-0.25, -0.2) is 0 Å². The summed E-state index contributed by atoms with van der Waals surface area (Å²) in [5.41, 5.74) is 2.61. The van der Waals surface area contributed by atoms with Gasteiger partial charge in [-0.2, -0.15) is 0 Å². The number of nitrogens with zero attached hydrogens (tertiary/aromatic N) is 2. The van der Waals surface area contributed by atoms with Crippen LogP contribution in [0.3, 0.4) is 0 Å². The molecule has 0 saturated carbocycles. The Morgan fingerprint density at radius 1 is 1.47 bits per heavy atom. The van der Waals surface area contributed by atoms with Gasteiger partial charge >= 0.3 is 0 Å². The van der Waals surface area contributed by atoms with Crippen molar-refractivity contribution in [1.29, 1.82) is 0 Å². The van der Waals surface area contributed by atoms with Gasteiger partial charge < -0.3 is 0 Å². The first-order valence-corrected chi connectivity index (χ1v) is 5.96. The van der Waals surface area contributed by atoms with Crippen LogP contribution < -0.4 is 0 Å². The monoisotopic (exact) mass is 204 g/mol. The van der Waals surface area contributed by atoms with E-state index in [4.69, 9.17) is 0 Å². The zero-order valence-electron chi connectivity index (χ0n) is 9.74. The molecule has 1 atom stereocenters. The minimum atomic E-state index is 0.605. The zero-order valence-corrected chi connectivity index (χ0v) is 9.74. The van der Waals surface area contributed by atoms with E-state index in [0.29, 0.717) is 6.04 Å². The molecule has 1 saturated heterocycles. The predicted molar refractivity (Wildman–Crippen MR) is 62.8 cm³/mol. The molecule has 1 aromatic heterocycles. The van der Waals surface area contributed by atoms with Crippen molar-refractivity contribution >= 4 is 0 Å². The second-order valence-electron chi connectivity index (χ2n) is 4.47. The van der Waals surface area contributed by atoms with E-state index in [9.17, 15) is 0 Å². The Hall–Kier alpha value is -0.890. The fourth-order valence-corrected chi connectivity index (χ4v) is 2.37. The van der Waals surface area contributed by atoms with Crippen molar-refractivity contribution in [3.8, 4) is 0 Å². The van der Waals surface area contributed by atoms with E-state index in [2.05, 4.69) is 42.2 Å². The first-order valence-electron chi connectivity index (χ1n) is 5.96. The van der Waals surface area contributed by atoms with Crippen molar-refractivity contribution in [3.63, 3.8) is 0 Å². The van der Waals surface area contributed by atoms with E-state index >= 15 is 0 Å². The topological polar surface area (TPSA) is 16.1 Å². The van der Waals surface area contributed by atoms with Crippen LogP contribution in [0.2, 0.25) is 0 Å². The van der Waals surface area contributed by atoms with Gasteiger partial charge in [0, 0.05) is 17.9 Å². The van der Waals surface area contributed by atoms with Crippen LogP contribution in [-0.2, 0) is 6.42 Å². The summed E-state index contributed by atoms with van der Waals surface area (Å²) in [6, 6.07) is 5.04. The molecule has 1 aliphatic heterocycles. The molecule has 0 N–H and O–H groups in total. The summed E-state index contributed by atoms with van der Waals surface area (Å²) in [5, 5.41) is 0. The predicted octanol–water partition coefficient (Wildman–Crippen LogP) is 2.80. The van der Waals surface area contributed by atoms with E-state index < -0.39 is 0 Å². The van der Waals surface area contributed by atoms with Gasteiger partial charge in [-0.05, 0) is 44.5 Å². The quantitative estimate of drug-likeness (QED) is 0.752. The number of aryl methyl sites for hydroxylation is 1. The highest BCUT2D eigenvalue weighted by Gasteiger charge is 2.22. The Labute approximate surface area is 92.3 Å². The van der Waals surface area contributed by atoms with Crippen LogP contribution in [0.5, 0.6) is 0 Å². The Kier molecular flexibility index (Phi) is 3.37. The van der Waals surface area contributed by atoms with E-state index in [-0.39, 0.29) is 0 Å². The minimum Gasteiger partial charge on any atom is -0.299 e. The molecule has 15 heavy (non-hydrogen) atoms. The second-order valence-corrected chi connectivity index (χ2v) is 4.47. The number of pyridine rings is 1. The van der Waals surface area contributed by atoms with Gasteiger partial charge in [-0.15, -0.1) is 0 Å². The SMILES string of the molecule is CCCc1ccc([C@H]2CCCN2C)cn1. The lowest BCUT2D eigenvalue weighted by Crippen LogP contribution is -2.17. The van der Waals surface area contributed by atoms with Crippen LogP contribution in [-0.4, -0.2) is 23.5 Å². The molecular formula is C13H20N2. The van der Waals surface area contributed by atoms with Crippen LogP contribution in [0.1, 0.15) is 43.5 Å². The van der Waals surface area contributed by atoms with Crippen molar-refractivity contribution in [1.82, 2.24) is 9.88 Å². The maximum absolute atomic E-state index is 4.52. The summed E-state index contributed by atoms with van der Waals surface area (Å²) in [7, 11) is 2.21. The Bertz CT molecular complexity index is 305. The van der Waals surface area contributed by atoms with Crippen LogP contribution in [0.4, 0.5) is 0 Å². The van der Waals surface area contributed by atoms with Gasteiger partial charge in [0.25, 0.3) is 0 Å². The van der Waals surface area contributed by atoms with Gasteiger partial charge in [-0.1, -0.05) is 19.4 Å². The van der Waals surface area contributed by atoms with Gasteiger partial charge in [0.15, 0.2) is 0 Å². The number of hydrogen-bond acceptors (Lipinski definition) is 2. The molecule has 2 heterocycles. The van der Waals surface area contributed by atoms with Gasteiger partial charge in [-0.3, -0.25) is 9.88 Å². The summed E-state index contributed by atoms with van der Waals surface area (Å²) in [6.07, 6.45) is 6.94. The zero-order chi connectivity index (χ0) is 10.7. The van der Waals surface area contributed by atoms with Crippen molar-refractivity contribution in [2.24, 2.45) is 0 Å². The maximum Gasteiger partial charge on any atom is 0.0403 e. The largest absolute Gasteiger partial charge is 0.299 e. The highest BCUT2D eigenvalue weighted by molar-refractivity contribution is 5.18. The van der Waals surface area contributed by atoms with E-state index in [1.807, 2.05) is 0 Å². The number of likely N-dealkylation sites (tertiary alicyclic amines) is 1. The molecule has 0 spiro atoms. The average Bonchev–Trinajstić information content (AvgIpc) is 2.66. The molecule has 0 amide bonds. The third-order valence-electron chi connectivity index (χ3n) is 3.26. The third-order valence-corrected chi connectivity index (χ3v) is 3.26. The fourth-order valence-electron chi connectivity index (χ4n) is 2.37. The highest BCUT2D eigenvalue weighted by Crippen LogP contribution is 2.29. The molecule has 2 heteroatoms. The summed E-state index contributed by atoms with van der Waals surface area (Å²) in [5.74, 6) is 0. The Morgan fingerprint density at radius 3 is 2.87 bits per heavy atom. The smallest absolute Gasteiger partial charge is 0.0403 e. The molecule has 0 radical (unpaired) electrons. The maximum atomic E-state index is 4.52. The molecule has 82 valence electrons. The van der Waals surface area contributed by atoms with Crippen molar-refractivity contribution in [2.75, 3.05) is 13.6 Å². The normalized spacial score (nSPS) is 22.1. The van der Waals surface area contributed by atoms with Crippen LogP contribution in [0, 0.1) is 0 Å². The lowest BCUT2D eigenvalue weighted by atomic mass is 10.1. The van der Waals surface area contributed by atoms with Crippen LogP contribution in [0.25, 0.3) is 0 Å². The molecule has 1 fully saturated rings. The summed E-state index contributed by atoms with van der Waals surface area (Å²) < 4.78 is 0. The number of aromatic nitrogens is 1. The Balaban J connectivity index is 2.09. The van der Waals surface area contributed by atoms with E-state index in [0.717, 1.165) is 6.42 Å². The first-order chi connectivity index (χ1) is 7.31. The molecule has 2 nitrogen and oxygen atoms in total. The second kappa shape index (κ2) is 4.75. The number of hydrogen-bond donors (Lipinski definition) is 0. The molecular weight excluding hydrogens is 184 g/mol.